The maximum atomic E-state index is 13.3. The molecule has 0 aliphatic rings. The third-order valence-corrected chi connectivity index (χ3v) is 5.96. The van der Waals surface area contributed by atoms with Gasteiger partial charge in [0, 0.05) is 10.6 Å². The summed E-state index contributed by atoms with van der Waals surface area (Å²) >= 11 is 5.98. The van der Waals surface area contributed by atoms with E-state index in [0.29, 0.717) is 33.2 Å². The molecule has 0 fully saturated rings. The molecule has 0 radical (unpaired) electrons. The molecule has 172 valence electrons. The molecule has 0 bridgehead atoms. The van der Waals surface area contributed by atoms with Crippen LogP contribution in [0.2, 0.25) is 5.02 Å². The number of halogens is 1. The molecule has 3 aromatic carbocycles. The predicted octanol–water partition coefficient (Wildman–Crippen LogP) is 5.74. The lowest BCUT2D eigenvalue weighted by molar-refractivity contribution is 0.102. The maximum absolute atomic E-state index is 13.3. The SMILES string of the molecule is COc1ccc(-c2c(NC(=O)c3ccc(Cl)cc3)n(-c3ccc(C)c(C)c3)nc(C)c2=O)cc1. The van der Waals surface area contributed by atoms with Crippen molar-refractivity contribution in [2.24, 2.45) is 0 Å². The first-order chi connectivity index (χ1) is 16.3. The average molecular weight is 474 g/mol. The predicted molar refractivity (Wildman–Crippen MR) is 135 cm³/mol. The number of hydrogen-bond donors (Lipinski definition) is 1. The fourth-order valence-corrected chi connectivity index (χ4v) is 3.73. The zero-order valence-electron chi connectivity index (χ0n) is 19.3. The zero-order chi connectivity index (χ0) is 24.4. The van der Waals surface area contributed by atoms with Crippen LogP contribution in [0, 0.1) is 20.8 Å². The van der Waals surface area contributed by atoms with E-state index < -0.39 is 0 Å². The van der Waals surface area contributed by atoms with Crippen LogP contribution >= 0.6 is 11.6 Å². The van der Waals surface area contributed by atoms with Gasteiger partial charge in [-0.2, -0.15) is 5.10 Å². The molecular weight excluding hydrogens is 450 g/mol. The molecule has 4 rings (SSSR count). The quantitative estimate of drug-likeness (QED) is 0.401. The number of amides is 1. The summed E-state index contributed by atoms with van der Waals surface area (Å²) in [6.07, 6.45) is 0. The molecule has 1 heterocycles. The first kappa shape index (κ1) is 23.3. The van der Waals surface area contributed by atoms with Crippen molar-refractivity contribution in [1.82, 2.24) is 9.78 Å². The number of nitrogens with zero attached hydrogens (tertiary/aromatic N) is 2. The highest BCUT2D eigenvalue weighted by Crippen LogP contribution is 2.29. The van der Waals surface area contributed by atoms with Crippen molar-refractivity contribution < 1.29 is 9.53 Å². The van der Waals surface area contributed by atoms with E-state index in [0.717, 1.165) is 16.8 Å². The Balaban J connectivity index is 1.95. The lowest BCUT2D eigenvalue weighted by atomic mass is 10.0. The van der Waals surface area contributed by atoms with Crippen LogP contribution in [0.15, 0.2) is 71.5 Å². The number of carbonyl (C=O) groups is 1. The van der Waals surface area contributed by atoms with Crippen LogP contribution in [0.3, 0.4) is 0 Å². The van der Waals surface area contributed by atoms with E-state index in [9.17, 15) is 9.59 Å². The van der Waals surface area contributed by atoms with Crippen molar-refractivity contribution in [3.63, 3.8) is 0 Å². The second-order valence-electron chi connectivity index (χ2n) is 8.01. The van der Waals surface area contributed by atoms with E-state index in [-0.39, 0.29) is 17.2 Å². The number of benzene rings is 3. The summed E-state index contributed by atoms with van der Waals surface area (Å²) in [4.78, 5) is 26.5. The molecule has 34 heavy (non-hydrogen) atoms. The number of hydrogen-bond acceptors (Lipinski definition) is 4. The molecule has 0 spiro atoms. The lowest BCUT2D eigenvalue weighted by Crippen LogP contribution is -2.25. The molecule has 7 heteroatoms. The Kier molecular flexibility index (Phi) is 6.52. The number of anilines is 1. The van der Waals surface area contributed by atoms with Gasteiger partial charge in [-0.1, -0.05) is 29.8 Å². The number of nitrogens with one attached hydrogen (secondary N) is 1. The normalized spacial score (nSPS) is 10.7. The van der Waals surface area contributed by atoms with Crippen LogP contribution in [0.1, 0.15) is 27.2 Å². The van der Waals surface area contributed by atoms with Crippen LogP contribution in [-0.4, -0.2) is 22.8 Å². The van der Waals surface area contributed by atoms with Crippen molar-refractivity contribution in [2.75, 3.05) is 12.4 Å². The fraction of sp³-hybridized carbons (Fsp3) is 0.148. The minimum absolute atomic E-state index is 0.267. The van der Waals surface area contributed by atoms with Crippen LogP contribution in [0.5, 0.6) is 5.75 Å². The molecular formula is C27H24ClN3O3. The number of aryl methyl sites for hydroxylation is 3. The van der Waals surface area contributed by atoms with E-state index in [1.807, 2.05) is 32.0 Å². The Hall–Kier alpha value is -3.90. The third kappa shape index (κ3) is 4.58. The molecule has 1 amide bonds. The molecule has 0 aliphatic carbocycles. The van der Waals surface area contributed by atoms with Crippen molar-refractivity contribution in [3.8, 4) is 22.6 Å². The summed E-state index contributed by atoms with van der Waals surface area (Å²) in [6.45, 7) is 5.69. The summed E-state index contributed by atoms with van der Waals surface area (Å²) in [7, 11) is 1.58. The summed E-state index contributed by atoms with van der Waals surface area (Å²) in [5, 5.41) is 8.00. The van der Waals surface area contributed by atoms with Gasteiger partial charge in [0.25, 0.3) is 5.91 Å². The van der Waals surface area contributed by atoms with Crippen molar-refractivity contribution in [2.45, 2.75) is 20.8 Å². The van der Waals surface area contributed by atoms with Crippen molar-refractivity contribution >= 4 is 23.3 Å². The highest BCUT2D eigenvalue weighted by atomic mass is 35.5. The average Bonchev–Trinajstić information content (AvgIpc) is 2.84. The van der Waals surface area contributed by atoms with Gasteiger partial charge in [-0.25, -0.2) is 4.68 Å². The molecule has 0 aliphatic heterocycles. The maximum Gasteiger partial charge on any atom is 0.256 e. The highest BCUT2D eigenvalue weighted by Gasteiger charge is 2.21. The number of ether oxygens (including phenoxy) is 1. The van der Waals surface area contributed by atoms with Gasteiger partial charge in [0.2, 0.25) is 5.43 Å². The Morgan fingerprint density at radius 1 is 0.941 bits per heavy atom. The standard InChI is InChI=1S/C27H24ClN3O3/c1-16-5-12-22(15-17(16)2)31-26(29-27(33)20-6-10-21(28)11-7-20)24(25(32)18(3)30-31)19-8-13-23(34-4)14-9-19/h5-15H,1-4H3,(H,29,33). The van der Waals surface area contributed by atoms with E-state index in [4.69, 9.17) is 16.3 Å². The minimum atomic E-state index is -0.380. The van der Waals surface area contributed by atoms with Gasteiger partial charge in [-0.3, -0.25) is 9.59 Å². The summed E-state index contributed by atoms with van der Waals surface area (Å²) < 4.78 is 6.87. The van der Waals surface area contributed by atoms with Gasteiger partial charge >= 0.3 is 0 Å². The van der Waals surface area contributed by atoms with Gasteiger partial charge in [0.15, 0.2) is 0 Å². The second-order valence-corrected chi connectivity index (χ2v) is 8.44. The van der Waals surface area contributed by atoms with E-state index in [2.05, 4.69) is 10.4 Å². The lowest BCUT2D eigenvalue weighted by Gasteiger charge is -2.19. The molecule has 4 aromatic rings. The van der Waals surface area contributed by atoms with Crippen molar-refractivity contribution in [1.29, 1.82) is 0 Å². The largest absolute Gasteiger partial charge is 0.497 e. The fourth-order valence-electron chi connectivity index (χ4n) is 3.61. The molecule has 6 nitrogen and oxygen atoms in total. The summed E-state index contributed by atoms with van der Waals surface area (Å²) in [5.41, 5.74) is 4.36. The van der Waals surface area contributed by atoms with Gasteiger partial charge < -0.3 is 10.1 Å². The topological polar surface area (TPSA) is 73.2 Å². The molecule has 0 atom stereocenters. The molecule has 0 saturated heterocycles. The number of methoxy groups -OCH3 is 1. The Bertz CT molecular complexity index is 1430. The molecule has 0 unspecified atom stereocenters. The third-order valence-electron chi connectivity index (χ3n) is 5.71. The van der Waals surface area contributed by atoms with E-state index in [1.54, 1.807) is 67.2 Å². The monoisotopic (exact) mass is 473 g/mol. The van der Waals surface area contributed by atoms with Crippen LogP contribution in [0.25, 0.3) is 16.8 Å². The van der Waals surface area contributed by atoms with Gasteiger partial charge in [0.1, 0.15) is 17.3 Å². The van der Waals surface area contributed by atoms with Gasteiger partial charge in [0.05, 0.1) is 18.4 Å². The summed E-state index contributed by atoms with van der Waals surface area (Å²) in [6, 6.07) is 19.5. The second kappa shape index (κ2) is 9.53. The highest BCUT2D eigenvalue weighted by molar-refractivity contribution is 6.30. The first-order valence-corrected chi connectivity index (χ1v) is 11.1. The smallest absolute Gasteiger partial charge is 0.256 e. The van der Waals surface area contributed by atoms with Crippen LogP contribution in [0.4, 0.5) is 5.82 Å². The summed E-state index contributed by atoms with van der Waals surface area (Å²) in [5.74, 6) is 0.564. The number of aromatic nitrogens is 2. The van der Waals surface area contributed by atoms with E-state index in [1.165, 1.54) is 0 Å². The molecule has 1 aromatic heterocycles. The first-order valence-electron chi connectivity index (χ1n) is 10.7. The van der Waals surface area contributed by atoms with Crippen LogP contribution in [-0.2, 0) is 0 Å². The minimum Gasteiger partial charge on any atom is -0.497 e. The Morgan fingerprint density at radius 2 is 1.62 bits per heavy atom. The van der Waals surface area contributed by atoms with Crippen molar-refractivity contribution in [3.05, 3.63) is 104 Å². The number of rotatable bonds is 5. The van der Waals surface area contributed by atoms with Gasteiger partial charge in [-0.05, 0) is 86.0 Å². The Morgan fingerprint density at radius 3 is 2.24 bits per heavy atom. The number of carbonyl (C=O) groups excluding carboxylic acids is 1. The Labute approximate surface area is 202 Å². The van der Waals surface area contributed by atoms with E-state index >= 15 is 0 Å². The van der Waals surface area contributed by atoms with Crippen LogP contribution < -0.4 is 15.5 Å². The van der Waals surface area contributed by atoms with Gasteiger partial charge in [-0.15, -0.1) is 0 Å². The zero-order valence-corrected chi connectivity index (χ0v) is 20.1. The molecule has 0 saturated carbocycles. The molecule has 1 N–H and O–H groups in total.